The zero-order valence-electron chi connectivity index (χ0n) is 6.16. The second kappa shape index (κ2) is 5.36. The summed E-state index contributed by atoms with van der Waals surface area (Å²) in [7, 11) is 0. The van der Waals surface area contributed by atoms with E-state index >= 15 is 0 Å². The molecule has 0 aliphatic heterocycles. The molecular formula is C8H6ClNS2. The van der Waals surface area contributed by atoms with E-state index in [0.29, 0.717) is 0 Å². The molecule has 4 heteroatoms. The summed E-state index contributed by atoms with van der Waals surface area (Å²) in [4.78, 5) is 1.14. The van der Waals surface area contributed by atoms with E-state index in [1.165, 1.54) is 11.8 Å². The summed E-state index contributed by atoms with van der Waals surface area (Å²) in [6, 6.07) is 7.59. The van der Waals surface area contributed by atoms with Crippen LogP contribution in [0.1, 0.15) is 0 Å². The Balaban J connectivity index is 2.43. The highest BCUT2D eigenvalue weighted by atomic mass is 35.5. The lowest BCUT2D eigenvalue weighted by Gasteiger charge is -1.96. The highest BCUT2D eigenvalue weighted by molar-refractivity contribution is 8.18. The van der Waals surface area contributed by atoms with Crippen LogP contribution < -0.4 is 0 Å². The Hall–Kier alpha value is -0.300. The van der Waals surface area contributed by atoms with Crippen molar-refractivity contribution in [3.05, 3.63) is 29.3 Å². The lowest BCUT2D eigenvalue weighted by atomic mass is 10.4. The normalized spacial score (nSPS) is 9.33. The quantitative estimate of drug-likeness (QED) is 0.333. The van der Waals surface area contributed by atoms with Gasteiger partial charge in [0, 0.05) is 9.92 Å². The van der Waals surface area contributed by atoms with Gasteiger partial charge in [-0.25, -0.2) is 0 Å². The van der Waals surface area contributed by atoms with Gasteiger partial charge < -0.3 is 0 Å². The van der Waals surface area contributed by atoms with Crippen molar-refractivity contribution in [3.8, 4) is 5.40 Å². The van der Waals surface area contributed by atoms with Crippen molar-refractivity contribution in [1.29, 1.82) is 5.26 Å². The highest BCUT2D eigenvalue weighted by Crippen LogP contribution is 2.23. The summed E-state index contributed by atoms with van der Waals surface area (Å²) >= 11 is 8.58. The van der Waals surface area contributed by atoms with Crippen LogP contribution in [0.5, 0.6) is 0 Å². The molecule has 0 atom stereocenters. The largest absolute Gasteiger partial charge is 0.185 e. The molecule has 0 aromatic heterocycles. The number of thiocyanates is 1. The van der Waals surface area contributed by atoms with Gasteiger partial charge in [0.2, 0.25) is 0 Å². The summed E-state index contributed by atoms with van der Waals surface area (Å²) in [5.74, 6) is 0. The van der Waals surface area contributed by atoms with Crippen LogP contribution in [0.3, 0.4) is 0 Å². The molecule has 0 unspecified atom stereocenters. The fraction of sp³-hybridized carbons (Fsp3) is 0.125. The van der Waals surface area contributed by atoms with Crippen molar-refractivity contribution in [1.82, 2.24) is 0 Å². The number of hydrogen-bond acceptors (Lipinski definition) is 3. The Morgan fingerprint density at radius 3 is 2.58 bits per heavy atom. The maximum absolute atomic E-state index is 8.27. The van der Waals surface area contributed by atoms with Crippen LogP contribution >= 0.6 is 35.1 Å². The summed E-state index contributed by atoms with van der Waals surface area (Å²) in [6.07, 6.45) is 0. The van der Waals surface area contributed by atoms with E-state index in [9.17, 15) is 0 Å². The number of benzene rings is 1. The topological polar surface area (TPSA) is 23.8 Å². The second-order valence-electron chi connectivity index (χ2n) is 1.95. The third kappa shape index (κ3) is 3.40. The van der Waals surface area contributed by atoms with E-state index in [4.69, 9.17) is 16.9 Å². The SMILES string of the molecule is N#CSCSc1ccc(Cl)cc1. The van der Waals surface area contributed by atoms with Crippen LogP contribution in [0.4, 0.5) is 0 Å². The minimum atomic E-state index is 0.743. The molecule has 0 fully saturated rings. The average molecular weight is 216 g/mol. The first-order valence-electron chi connectivity index (χ1n) is 3.22. The Labute approximate surface area is 85.1 Å². The van der Waals surface area contributed by atoms with Crippen molar-refractivity contribution in [3.63, 3.8) is 0 Å². The van der Waals surface area contributed by atoms with E-state index in [1.54, 1.807) is 11.8 Å². The fourth-order valence-electron chi connectivity index (χ4n) is 0.655. The van der Waals surface area contributed by atoms with Gasteiger partial charge in [0.1, 0.15) is 5.40 Å². The van der Waals surface area contributed by atoms with Crippen LogP contribution in [-0.2, 0) is 0 Å². The van der Waals surface area contributed by atoms with Gasteiger partial charge >= 0.3 is 0 Å². The molecule has 1 aromatic rings. The minimum absolute atomic E-state index is 0.743. The lowest BCUT2D eigenvalue weighted by molar-refractivity contribution is 1.47. The fourth-order valence-corrected chi connectivity index (χ4v) is 2.10. The van der Waals surface area contributed by atoms with Crippen LogP contribution in [0.2, 0.25) is 5.02 Å². The molecule has 0 aliphatic carbocycles. The van der Waals surface area contributed by atoms with E-state index < -0.39 is 0 Å². The number of nitriles is 1. The molecule has 0 radical (unpaired) electrons. The van der Waals surface area contributed by atoms with Crippen LogP contribution in [-0.4, -0.2) is 5.08 Å². The molecule has 0 amide bonds. The summed E-state index contributed by atoms with van der Waals surface area (Å²) in [5.41, 5.74) is 0. The molecule has 12 heavy (non-hydrogen) atoms. The molecule has 0 saturated heterocycles. The molecule has 0 bridgehead atoms. The Morgan fingerprint density at radius 1 is 1.33 bits per heavy atom. The van der Waals surface area contributed by atoms with Crippen molar-refractivity contribution < 1.29 is 0 Å². The van der Waals surface area contributed by atoms with Crippen molar-refractivity contribution in [2.75, 3.05) is 5.08 Å². The van der Waals surface area contributed by atoms with Gasteiger partial charge in [-0.05, 0) is 36.0 Å². The third-order valence-corrected chi connectivity index (χ3v) is 3.09. The number of nitrogens with zero attached hydrogens (tertiary/aromatic N) is 1. The van der Waals surface area contributed by atoms with E-state index in [0.717, 1.165) is 15.0 Å². The van der Waals surface area contributed by atoms with Gasteiger partial charge in [0.25, 0.3) is 0 Å². The van der Waals surface area contributed by atoms with Crippen LogP contribution in [0.15, 0.2) is 29.2 Å². The van der Waals surface area contributed by atoms with Gasteiger partial charge in [-0.3, -0.25) is 0 Å². The monoisotopic (exact) mass is 215 g/mol. The van der Waals surface area contributed by atoms with Crippen molar-refractivity contribution in [2.45, 2.75) is 4.90 Å². The zero-order valence-corrected chi connectivity index (χ0v) is 8.55. The molecule has 1 nitrogen and oxygen atoms in total. The number of thioether (sulfide) groups is 2. The van der Waals surface area contributed by atoms with E-state index in [2.05, 4.69) is 0 Å². The van der Waals surface area contributed by atoms with Crippen LogP contribution in [0.25, 0.3) is 0 Å². The predicted octanol–water partition coefficient (Wildman–Crippen LogP) is 3.60. The minimum Gasteiger partial charge on any atom is -0.185 e. The standard InChI is InChI=1S/C8H6ClNS2/c9-7-1-3-8(4-2-7)12-6-11-5-10/h1-4H,6H2. The first kappa shape index (κ1) is 9.79. The Bertz CT molecular complexity index is 278. The number of halogens is 1. The zero-order chi connectivity index (χ0) is 8.81. The van der Waals surface area contributed by atoms with Crippen molar-refractivity contribution >= 4 is 35.1 Å². The highest BCUT2D eigenvalue weighted by Gasteiger charge is 1.93. The number of rotatable bonds is 3. The lowest BCUT2D eigenvalue weighted by Crippen LogP contribution is -1.71. The molecule has 0 spiro atoms. The molecule has 0 aliphatic rings. The molecule has 0 heterocycles. The van der Waals surface area contributed by atoms with Gasteiger partial charge in [-0.15, -0.1) is 11.8 Å². The number of hydrogen-bond donors (Lipinski definition) is 0. The summed E-state index contributed by atoms with van der Waals surface area (Å²) in [5, 5.41) is 11.8. The molecule has 0 N–H and O–H groups in total. The second-order valence-corrected chi connectivity index (χ2v) is 4.56. The van der Waals surface area contributed by atoms with Gasteiger partial charge in [0.15, 0.2) is 0 Å². The predicted molar refractivity (Wildman–Crippen MR) is 55.4 cm³/mol. The molecule has 1 rings (SSSR count). The Kier molecular flexibility index (Phi) is 4.37. The first-order valence-corrected chi connectivity index (χ1v) is 5.57. The Morgan fingerprint density at radius 2 is 2.00 bits per heavy atom. The molecule has 1 aromatic carbocycles. The van der Waals surface area contributed by atoms with Gasteiger partial charge in [0.05, 0.1) is 5.08 Å². The van der Waals surface area contributed by atoms with Gasteiger partial charge in [-0.1, -0.05) is 11.6 Å². The smallest absolute Gasteiger partial charge is 0.134 e. The summed E-state index contributed by atoms with van der Waals surface area (Å²) in [6.45, 7) is 0. The maximum Gasteiger partial charge on any atom is 0.134 e. The van der Waals surface area contributed by atoms with Crippen LogP contribution in [0, 0.1) is 10.7 Å². The summed E-state index contributed by atoms with van der Waals surface area (Å²) < 4.78 is 0. The maximum atomic E-state index is 8.27. The van der Waals surface area contributed by atoms with E-state index in [1.807, 2.05) is 29.7 Å². The van der Waals surface area contributed by atoms with Gasteiger partial charge in [-0.2, -0.15) is 5.26 Å². The van der Waals surface area contributed by atoms with E-state index in [-0.39, 0.29) is 0 Å². The average Bonchev–Trinajstić information content (AvgIpc) is 2.09. The molecule has 62 valence electrons. The molecule has 0 saturated carbocycles. The first-order chi connectivity index (χ1) is 5.83. The third-order valence-electron chi connectivity index (χ3n) is 1.16. The van der Waals surface area contributed by atoms with Crippen molar-refractivity contribution in [2.24, 2.45) is 0 Å². The molecular weight excluding hydrogens is 210 g/mol.